The first kappa shape index (κ1) is 15.3. The van der Waals surface area contributed by atoms with E-state index in [1.807, 2.05) is 0 Å². The van der Waals surface area contributed by atoms with Gasteiger partial charge in [-0.2, -0.15) is 13.2 Å². The number of halogens is 3. The van der Waals surface area contributed by atoms with Crippen LogP contribution in [0.25, 0.3) is 0 Å². The number of rotatable bonds is 5. The average molecular weight is 277 g/mol. The van der Waals surface area contributed by atoms with Crippen LogP contribution in [-0.2, 0) is 11.4 Å². The molecule has 7 heteroatoms. The molecule has 0 aliphatic rings. The predicted molar refractivity (Wildman–Crippen MR) is 62.8 cm³/mol. The predicted octanol–water partition coefficient (Wildman–Crippen LogP) is 2.47. The average Bonchev–Trinajstić information content (AvgIpc) is 2.35. The highest BCUT2D eigenvalue weighted by molar-refractivity contribution is 5.90. The van der Waals surface area contributed by atoms with Crippen LogP contribution in [0.1, 0.15) is 18.4 Å². The van der Waals surface area contributed by atoms with Gasteiger partial charge in [-0.15, -0.1) is 0 Å². The van der Waals surface area contributed by atoms with Gasteiger partial charge in [-0.3, -0.25) is 4.79 Å². The van der Waals surface area contributed by atoms with Gasteiger partial charge in [0.15, 0.2) is 0 Å². The number of hydrogen-bond acceptors (Lipinski definition) is 3. The molecule has 0 saturated heterocycles. The fraction of sp³-hybridized carbons (Fsp3) is 0.417. The summed E-state index contributed by atoms with van der Waals surface area (Å²) in [4.78, 5) is 11.3. The minimum Gasteiger partial charge on any atom is -0.496 e. The second-order valence-electron chi connectivity index (χ2n) is 3.85. The van der Waals surface area contributed by atoms with Gasteiger partial charge in [0.1, 0.15) is 5.75 Å². The van der Waals surface area contributed by atoms with Crippen LogP contribution in [0.2, 0.25) is 0 Å². The zero-order valence-corrected chi connectivity index (χ0v) is 10.3. The third-order valence-electron chi connectivity index (χ3n) is 2.37. The first-order valence-corrected chi connectivity index (χ1v) is 5.50. The van der Waals surface area contributed by atoms with Crippen molar-refractivity contribution in [2.24, 2.45) is 0 Å². The quantitative estimate of drug-likeness (QED) is 0.869. The molecule has 0 saturated carbocycles. The third kappa shape index (κ3) is 5.17. The molecule has 1 amide bonds. The van der Waals surface area contributed by atoms with Gasteiger partial charge < -0.3 is 15.2 Å². The number of carbonyl (C=O) groups excluding carboxylic acids is 1. The highest BCUT2D eigenvalue weighted by Crippen LogP contribution is 2.24. The van der Waals surface area contributed by atoms with E-state index in [1.165, 1.54) is 25.3 Å². The Morgan fingerprint density at radius 1 is 1.42 bits per heavy atom. The highest BCUT2D eigenvalue weighted by Gasteiger charge is 2.27. The van der Waals surface area contributed by atoms with E-state index in [4.69, 9.17) is 9.84 Å². The monoisotopic (exact) mass is 277 g/mol. The van der Waals surface area contributed by atoms with Crippen molar-refractivity contribution in [1.82, 2.24) is 0 Å². The molecular formula is C12H14F3NO3. The van der Waals surface area contributed by atoms with E-state index in [0.717, 1.165) is 0 Å². The number of benzene rings is 1. The Kier molecular flexibility index (Phi) is 5.17. The van der Waals surface area contributed by atoms with Crippen molar-refractivity contribution < 1.29 is 27.8 Å². The standard InChI is InChI=1S/C12H14F3NO3/c1-19-10-3-2-9(6-8(10)7-17)16-11(18)4-5-12(13,14)15/h2-3,6,17H,4-5,7H2,1H3,(H,16,18). The molecular weight excluding hydrogens is 263 g/mol. The summed E-state index contributed by atoms with van der Waals surface area (Å²) in [6.45, 7) is -0.296. The van der Waals surface area contributed by atoms with E-state index in [9.17, 15) is 18.0 Å². The zero-order chi connectivity index (χ0) is 14.5. The van der Waals surface area contributed by atoms with E-state index in [0.29, 0.717) is 17.0 Å². The maximum Gasteiger partial charge on any atom is 0.389 e. The minimum atomic E-state index is -4.35. The van der Waals surface area contributed by atoms with E-state index >= 15 is 0 Å². The molecule has 0 heterocycles. The number of amides is 1. The summed E-state index contributed by atoms with van der Waals surface area (Å²) in [5.41, 5.74) is 0.758. The van der Waals surface area contributed by atoms with Crippen LogP contribution in [-0.4, -0.2) is 24.3 Å². The maximum absolute atomic E-state index is 11.9. The molecule has 0 spiro atoms. The van der Waals surface area contributed by atoms with Crippen LogP contribution in [0.3, 0.4) is 0 Å². The van der Waals surface area contributed by atoms with Gasteiger partial charge in [-0.05, 0) is 18.2 Å². The van der Waals surface area contributed by atoms with Crippen LogP contribution in [0, 0.1) is 0 Å². The lowest BCUT2D eigenvalue weighted by Crippen LogP contribution is -2.16. The fourth-order valence-corrected chi connectivity index (χ4v) is 1.46. The van der Waals surface area contributed by atoms with Gasteiger partial charge in [0, 0.05) is 17.7 Å². The molecule has 0 fully saturated rings. The second-order valence-corrected chi connectivity index (χ2v) is 3.85. The number of methoxy groups -OCH3 is 1. The Bertz CT molecular complexity index is 446. The number of anilines is 1. The largest absolute Gasteiger partial charge is 0.496 e. The van der Waals surface area contributed by atoms with Crippen molar-refractivity contribution in [3.8, 4) is 5.75 Å². The van der Waals surface area contributed by atoms with E-state index in [1.54, 1.807) is 0 Å². The number of hydrogen-bond donors (Lipinski definition) is 2. The van der Waals surface area contributed by atoms with Crippen molar-refractivity contribution in [2.75, 3.05) is 12.4 Å². The SMILES string of the molecule is COc1ccc(NC(=O)CCC(F)(F)F)cc1CO. The summed E-state index contributed by atoms with van der Waals surface area (Å²) in [5.74, 6) is -0.290. The van der Waals surface area contributed by atoms with Gasteiger partial charge in [0.2, 0.25) is 5.91 Å². The number of alkyl halides is 3. The summed E-state index contributed by atoms with van der Waals surface area (Å²) in [7, 11) is 1.43. The van der Waals surface area contributed by atoms with E-state index < -0.39 is 24.9 Å². The summed E-state index contributed by atoms with van der Waals surface area (Å²) in [6, 6.07) is 4.46. The summed E-state index contributed by atoms with van der Waals surface area (Å²) < 4.78 is 40.8. The first-order chi connectivity index (χ1) is 8.85. The lowest BCUT2D eigenvalue weighted by molar-refractivity contribution is -0.142. The lowest BCUT2D eigenvalue weighted by atomic mass is 10.2. The molecule has 1 aromatic rings. The Hall–Kier alpha value is -1.76. The number of carbonyl (C=O) groups is 1. The lowest BCUT2D eigenvalue weighted by Gasteiger charge is -2.10. The molecule has 1 rings (SSSR count). The molecule has 0 bridgehead atoms. The molecule has 4 nitrogen and oxygen atoms in total. The van der Waals surface area contributed by atoms with Gasteiger partial charge in [0.25, 0.3) is 0 Å². The molecule has 19 heavy (non-hydrogen) atoms. The first-order valence-electron chi connectivity index (χ1n) is 5.50. The van der Waals surface area contributed by atoms with E-state index in [-0.39, 0.29) is 6.61 Å². The van der Waals surface area contributed by atoms with Crippen molar-refractivity contribution in [3.63, 3.8) is 0 Å². The van der Waals surface area contributed by atoms with Gasteiger partial charge in [-0.25, -0.2) is 0 Å². The topological polar surface area (TPSA) is 58.6 Å². The van der Waals surface area contributed by atoms with Crippen molar-refractivity contribution in [1.29, 1.82) is 0 Å². The van der Waals surface area contributed by atoms with Gasteiger partial charge in [0.05, 0.1) is 20.1 Å². The molecule has 0 atom stereocenters. The molecule has 0 aliphatic heterocycles. The summed E-state index contributed by atoms with van der Waals surface area (Å²) in [6.07, 6.45) is -6.15. The molecule has 2 N–H and O–H groups in total. The molecule has 106 valence electrons. The minimum absolute atomic E-state index is 0.296. The normalized spacial score (nSPS) is 11.2. The fourth-order valence-electron chi connectivity index (χ4n) is 1.46. The third-order valence-corrected chi connectivity index (χ3v) is 2.37. The highest BCUT2D eigenvalue weighted by atomic mass is 19.4. The van der Waals surface area contributed by atoms with Crippen molar-refractivity contribution in [2.45, 2.75) is 25.6 Å². The Morgan fingerprint density at radius 3 is 2.63 bits per heavy atom. The Labute approximate surface area is 108 Å². The van der Waals surface area contributed by atoms with Crippen LogP contribution in [0.4, 0.5) is 18.9 Å². The summed E-state index contributed by atoms with van der Waals surface area (Å²) in [5, 5.41) is 11.4. The summed E-state index contributed by atoms with van der Waals surface area (Å²) >= 11 is 0. The van der Waals surface area contributed by atoms with Crippen molar-refractivity contribution in [3.05, 3.63) is 23.8 Å². The molecule has 0 aliphatic carbocycles. The van der Waals surface area contributed by atoms with Gasteiger partial charge >= 0.3 is 6.18 Å². The second kappa shape index (κ2) is 6.42. The number of aliphatic hydroxyl groups is 1. The van der Waals surface area contributed by atoms with Crippen molar-refractivity contribution >= 4 is 11.6 Å². The number of aliphatic hydroxyl groups excluding tert-OH is 1. The molecule has 0 aromatic heterocycles. The number of nitrogens with one attached hydrogen (secondary N) is 1. The molecule has 0 radical (unpaired) electrons. The smallest absolute Gasteiger partial charge is 0.389 e. The van der Waals surface area contributed by atoms with Crippen LogP contribution in [0.5, 0.6) is 5.75 Å². The molecule has 0 unspecified atom stereocenters. The van der Waals surface area contributed by atoms with Crippen LogP contribution < -0.4 is 10.1 Å². The Balaban J connectivity index is 2.64. The number of ether oxygens (including phenoxy) is 1. The maximum atomic E-state index is 11.9. The van der Waals surface area contributed by atoms with E-state index in [2.05, 4.69) is 5.32 Å². The molecule has 1 aromatic carbocycles. The van der Waals surface area contributed by atoms with Crippen LogP contribution >= 0.6 is 0 Å². The van der Waals surface area contributed by atoms with Gasteiger partial charge in [-0.1, -0.05) is 0 Å². The van der Waals surface area contributed by atoms with Crippen LogP contribution in [0.15, 0.2) is 18.2 Å². The zero-order valence-electron chi connectivity index (χ0n) is 10.3. The Morgan fingerprint density at radius 2 is 2.11 bits per heavy atom.